The van der Waals surface area contributed by atoms with Gasteiger partial charge in [0.05, 0.1) is 0 Å². The molecule has 0 amide bonds. The van der Waals surface area contributed by atoms with E-state index < -0.39 is 0 Å². The van der Waals surface area contributed by atoms with Crippen molar-refractivity contribution in [1.29, 1.82) is 0 Å². The van der Waals surface area contributed by atoms with Crippen molar-refractivity contribution in [3.05, 3.63) is 36.0 Å². The van der Waals surface area contributed by atoms with E-state index >= 15 is 0 Å². The highest BCUT2D eigenvalue weighted by molar-refractivity contribution is 5.24. The number of hydrogen-bond donors (Lipinski definition) is 1. The molecule has 0 radical (unpaired) electrons. The second-order valence-corrected chi connectivity index (χ2v) is 12.8. The lowest BCUT2D eigenvalue weighted by Crippen LogP contribution is -2.36. The molecule has 0 aromatic heterocycles. The van der Waals surface area contributed by atoms with Gasteiger partial charge in [-0.3, -0.25) is 0 Å². The summed E-state index contributed by atoms with van der Waals surface area (Å²) in [4.78, 5) is 0. The Bertz CT molecular complexity index is 794. The van der Waals surface area contributed by atoms with Crippen molar-refractivity contribution in [3.63, 3.8) is 0 Å². The fraction of sp³-hybridized carbons (Fsp3) is 0.758. The largest absolute Gasteiger partial charge is 0.396 e. The molecule has 1 heteroatoms. The van der Waals surface area contributed by atoms with Crippen molar-refractivity contribution in [2.45, 2.75) is 92.9 Å². The lowest BCUT2D eigenvalue weighted by molar-refractivity contribution is 0.110. The molecule has 3 aliphatic carbocycles. The second-order valence-electron chi connectivity index (χ2n) is 12.8. The van der Waals surface area contributed by atoms with Crippen molar-refractivity contribution in [2.75, 3.05) is 6.61 Å². The first kappa shape index (κ1) is 27.3. The number of fused-ring (bicyclic) bond motifs is 1. The predicted octanol–water partition coefficient (Wildman–Crippen LogP) is 8.46. The minimum absolute atomic E-state index is 0.195. The van der Waals surface area contributed by atoms with E-state index in [1.807, 2.05) is 0 Å². The summed E-state index contributed by atoms with van der Waals surface area (Å²) < 4.78 is 0. The van der Waals surface area contributed by atoms with Crippen LogP contribution in [-0.2, 0) is 0 Å². The van der Waals surface area contributed by atoms with Crippen molar-refractivity contribution in [1.82, 2.24) is 0 Å². The Morgan fingerprint density at radius 3 is 2.59 bits per heavy atom. The molecule has 0 bridgehead atoms. The molecule has 190 valence electrons. The maximum atomic E-state index is 10.5. The van der Waals surface area contributed by atoms with Gasteiger partial charge in [0.2, 0.25) is 0 Å². The predicted molar refractivity (Wildman–Crippen MR) is 147 cm³/mol. The van der Waals surface area contributed by atoms with Gasteiger partial charge in [-0.1, -0.05) is 77.5 Å². The van der Waals surface area contributed by atoms with E-state index in [0.717, 1.165) is 18.8 Å². The van der Waals surface area contributed by atoms with Gasteiger partial charge in [0.25, 0.3) is 0 Å². The van der Waals surface area contributed by atoms with Crippen molar-refractivity contribution >= 4 is 0 Å². The molecule has 3 rings (SSSR count). The third-order valence-corrected chi connectivity index (χ3v) is 10.4. The van der Waals surface area contributed by atoms with Gasteiger partial charge >= 0.3 is 0 Å². The molecule has 9 unspecified atom stereocenters. The van der Waals surface area contributed by atoms with Crippen molar-refractivity contribution < 1.29 is 5.11 Å². The monoisotopic (exact) mass is 464 g/mol. The fourth-order valence-corrected chi connectivity index (χ4v) is 7.97. The lowest BCUT2D eigenvalue weighted by Gasteiger charge is -2.44. The molecule has 0 aromatic carbocycles. The number of allylic oxidation sites excluding steroid dienone is 4. The van der Waals surface area contributed by atoms with Gasteiger partial charge in [-0.25, -0.2) is 0 Å². The number of aliphatic hydroxyl groups is 1. The molecular weight excluding hydrogens is 412 g/mol. The fourth-order valence-electron chi connectivity index (χ4n) is 7.97. The molecule has 0 heterocycles. The zero-order valence-corrected chi connectivity index (χ0v) is 23.0. The van der Waals surface area contributed by atoms with Crippen LogP contribution in [-0.4, -0.2) is 11.7 Å². The van der Waals surface area contributed by atoms with Crippen LogP contribution in [0.4, 0.5) is 0 Å². The number of rotatable bonds is 9. The van der Waals surface area contributed by atoms with Crippen LogP contribution in [0.15, 0.2) is 36.0 Å². The molecule has 0 aromatic rings. The van der Waals surface area contributed by atoms with E-state index in [1.54, 1.807) is 5.57 Å². The van der Waals surface area contributed by atoms with Gasteiger partial charge < -0.3 is 5.11 Å². The maximum Gasteiger partial charge on any atom is 0.0499 e. The van der Waals surface area contributed by atoms with Gasteiger partial charge in [-0.15, -0.1) is 12.3 Å². The summed E-state index contributed by atoms with van der Waals surface area (Å²) >= 11 is 0. The quantitative estimate of drug-likeness (QED) is 0.268. The normalized spacial score (nSPS) is 37.8. The van der Waals surface area contributed by atoms with Gasteiger partial charge in [-0.2, -0.15) is 0 Å². The first-order chi connectivity index (χ1) is 16.1. The van der Waals surface area contributed by atoms with Gasteiger partial charge in [0.15, 0.2) is 0 Å². The molecule has 3 saturated carbocycles. The summed E-state index contributed by atoms with van der Waals surface area (Å²) in [5.41, 5.74) is 3.38. The summed E-state index contributed by atoms with van der Waals surface area (Å²) in [5, 5.41) is 10.5. The highest BCUT2D eigenvalue weighted by Crippen LogP contribution is 2.60. The van der Waals surface area contributed by atoms with Crippen LogP contribution in [0.3, 0.4) is 0 Å². The maximum absolute atomic E-state index is 10.5. The SMILES string of the molecule is C#CCCC1CC(C)C(=C)C1C(C=C1CCCC2(C)C1CCC2C(C)C=CC(C)C(C)C)CO. The van der Waals surface area contributed by atoms with Gasteiger partial charge in [-0.05, 0) is 97.7 Å². The van der Waals surface area contributed by atoms with E-state index in [1.165, 1.54) is 44.1 Å². The third-order valence-electron chi connectivity index (χ3n) is 10.4. The lowest BCUT2D eigenvalue weighted by atomic mass is 9.60. The van der Waals surface area contributed by atoms with E-state index in [4.69, 9.17) is 6.42 Å². The first-order valence-electron chi connectivity index (χ1n) is 14.3. The minimum Gasteiger partial charge on any atom is -0.396 e. The summed E-state index contributed by atoms with van der Waals surface area (Å²) in [6, 6.07) is 0. The van der Waals surface area contributed by atoms with Crippen molar-refractivity contribution in [3.8, 4) is 12.3 Å². The Morgan fingerprint density at radius 2 is 1.94 bits per heavy atom. The molecule has 1 nitrogen and oxygen atoms in total. The van der Waals surface area contributed by atoms with Crippen LogP contribution in [0.5, 0.6) is 0 Å². The molecular formula is C33H52O. The highest BCUT2D eigenvalue weighted by atomic mass is 16.3. The molecule has 3 aliphatic rings. The van der Waals surface area contributed by atoms with Crippen LogP contribution < -0.4 is 0 Å². The zero-order chi connectivity index (χ0) is 25.0. The average molecular weight is 465 g/mol. The van der Waals surface area contributed by atoms with Crippen molar-refractivity contribution in [2.24, 2.45) is 58.7 Å². The Labute approximate surface area is 211 Å². The standard InChI is InChI=1S/C33H52O/c1-9-10-12-28-19-25(6)26(7)32(28)29(21-34)20-27-13-11-18-33(8)30(16-17-31(27)33)24(5)15-14-23(4)22(2)3/h1,14-15,20,22-25,28-32,34H,7,10-13,16-19,21H2,2-6,8H3. The third kappa shape index (κ3) is 5.59. The summed E-state index contributed by atoms with van der Waals surface area (Å²) in [5.74, 6) is 7.93. The van der Waals surface area contributed by atoms with E-state index in [2.05, 4.69) is 72.3 Å². The Balaban J connectivity index is 1.81. The zero-order valence-electron chi connectivity index (χ0n) is 23.0. The Hall–Kier alpha value is -1.26. The number of terminal acetylenes is 1. The van der Waals surface area contributed by atoms with E-state index in [-0.39, 0.29) is 12.5 Å². The number of hydrogen-bond acceptors (Lipinski definition) is 1. The summed E-state index contributed by atoms with van der Waals surface area (Å²) in [7, 11) is 0. The summed E-state index contributed by atoms with van der Waals surface area (Å²) in [6.45, 7) is 19.1. The number of aliphatic hydroxyl groups excluding tert-OH is 1. The van der Waals surface area contributed by atoms with Gasteiger partial charge in [0, 0.05) is 18.9 Å². The highest BCUT2D eigenvalue weighted by Gasteiger charge is 2.50. The molecule has 34 heavy (non-hydrogen) atoms. The minimum atomic E-state index is 0.195. The van der Waals surface area contributed by atoms with Crippen LogP contribution in [0.25, 0.3) is 0 Å². The van der Waals surface area contributed by atoms with Crippen LogP contribution >= 0.6 is 0 Å². The molecule has 9 atom stereocenters. The molecule has 0 saturated heterocycles. The van der Waals surface area contributed by atoms with E-state index in [0.29, 0.717) is 46.8 Å². The molecule has 0 spiro atoms. The smallest absolute Gasteiger partial charge is 0.0499 e. The van der Waals surface area contributed by atoms with Crippen LogP contribution in [0, 0.1) is 71.0 Å². The first-order valence-corrected chi connectivity index (χ1v) is 14.3. The molecule has 0 aliphatic heterocycles. The van der Waals surface area contributed by atoms with Crippen LogP contribution in [0.2, 0.25) is 0 Å². The van der Waals surface area contributed by atoms with E-state index in [9.17, 15) is 5.11 Å². The van der Waals surface area contributed by atoms with Crippen LogP contribution in [0.1, 0.15) is 92.9 Å². The second kappa shape index (κ2) is 11.6. The molecule has 1 N–H and O–H groups in total. The topological polar surface area (TPSA) is 20.2 Å². The Kier molecular flexibility index (Phi) is 9.36. The molecule has 3 fully saturated rings. The van der Waals surface area contributed by atoms with Gasteiger partial charge in [0.1, 0.15) is 0 Å². The Morgan fingerprint density at radius 1 is 1.21 bits per heavy atom. The average Bonchev–Trinajstić information content (AvgIpc) is 3.30. The summed E-state index contributed by atoms with van der Waals surface area (Å²) in [6.07, 6.45) is 22.7.